The number of phenolic OH excluding ortho intramolecular Hbond substituents is 1. The molecule has 0 saturated heterocycles. The van der Waals surface area contributed by atoms with Gasteiger partial charge in [0.25, 0.3) is 5.56 Å². The van der Waals surface area contributed by atoms with Gasteiger partial charge in [0.05, 0.1) is 0 Å². The second kappa shape index (κ2) is 9.00. The molecule has 0 fully saturated rings. The molecule has 0 amide bonds. The number of pyridine rings is 1. The highest BCUT2D eigenvalue weighted by molar-refractivity contribution is 6.07. The fourth-order valence-corrected chi connectivity index (χ4v) is 2.63. The molecular formula is C21H23NO5. The Morgan fingerprint density at radius 2 is 1.85 bits per heavy atom. The number of H-pyrrole nitrogens is 1. The van der Waals surface area contributed by atoms with Crippen LogP contribution in [-0.2, 0) is 0 Å². The second-order valence-electron chi connectivity index (χ2n) is 6.26. The van der Waals surface area contributed by atoms with Crippen LogP contribution in [0.5, 0.6) is 11.5 Å². The maximum Gasteiger partial charge on any atom is 0.263 e. The zero-order valence-electron chi connectivity index (χ0n) is 15.3. The Hall–Kier alpha value is -3.12. The van der Waals surface area contributed by atoms with Crippen molar-refractivity contribution >= 4 is 5.78 Å². The Morgan fingerprint density at radius 1 is 1.19 bits per heavy atom. The molecule has 1 aromatic carbocycles. The molecule has 1 heterocycles. The zero-order valence-corrected chi connectivity index (χ0v) is 15.3. The Balaban J connectivity index is 2.36. The summed E-state index contributed by atoms with van der Waals surface area (Å²) >= 11 is 0. The summed E-state index contributed by atoms with van der Waals surface area (Å²) in [7, 11) is 0. The Morgan fingerprint density at radius 3 is 2.44 bits per heavy atom. The minimum absolute atomic E-state index is 0.000572. The number of aromatic amines is 1. The molecule has 0 aliphatic rings. The van der Waals surface area contributed by atoms with Gasteiger partial charge in [-0.25, -0.2) is 0 Å². The molecule has 6 heteroatoms. The van der Waals surface area contributed by atoms with Crippen molar-refractivity contribution < 1.29 is 20.1 Å². The predicted molar refractivity (Wildman–Crippen MR) is 104 cm³/mol. The standard InChI is InChI=1S/C21H23NO5/c1-3-14(12-23)10-13(2)4-9-18(25)19-20(26)17(11-22-21(19)27)15-5-7-16(24)8-6-15/h4-11,14,23-24H,3,12H2,1-2H3,(H2,22,26,27)/b9-4+,13-10+/t14-/m0/s1. The molecule has 1 aromatic heterocycles. The van der Waals surface area contributed by atoms with Gasteiger partial charge in [-0.1, -0.05) is 36.8 Å². The number of phenols is 1. The third-order valence-corrected chi connectivity index (χ3v) is 4.25. The quantitative estimate of drug-likeness (QED) is 0.340. The third-order valence-electron chi connectivity index (χ3n) is 4.25. The maximum absolute atomic E-state index is 12.5. The number of nitrogens with one attached hydrogen (secondary N) is 1. The van der Waals surface area contributed by atoms with E-state index in [1.165, 1.54) is 24.4 Å². The van der Waals surface area contributed by atoms with Gasteiger partial charge in [-0.05, 0) is 37.1 Å². The van der Waals surface area contributed by atoms with Crippen LogP contribution in [0.15, 0.2) is 59.1 Å². The number of carbonyl (C=O) groups is 1. The number of carbonyl (C=O) groups excluding carboxylic acids is 1. The first kappa shape index (κ1) is 20.2. The molecule has 0 aliphatic carbocycles. The molecule has 0 unspecified atom stereocenters. The number of aromatic nitrogens is 1. The van der Waals surface area contributed by atoms with E-state index >= 15 is 0 Å². The first-order valence-electron chi connectivity index (χ1n) is 8.63. The van der Waals surface area contributed by atoms with Gasteiger partial charge in [0.1, 0.15) is 17.1 Å². The third kappa shape index (κ3) is 4.95. The van der Waals surface area contributed by atoms with E-state index in [-0.39, 0.29) is 29.4 Å². The lowest BCUT2D eigenvalue weighted by atomic mass is 10.0. The molecule has 0 saturated carbocycles. The van der Waals surface area contributed by atoms with Gasteiger partial charge in [0, 0.05) is 24.3 Å². The van der Waals surface area contributed by atoms with Crippen LogP contribution in [0, 0.1) is 5.92 Å². The Kier molecular flexibility index (Phi) is 6.73. The van der Waals surface area contributed by atoms with Crippen molar-refractivity contribution in [3.8, 4) is 22.6 Å². The van der Waals surface area contributed by atoms with Gasteiger partial charge in [0.2, 0.25) is 0 Å². The van der Waals surface area contributed by atoms with E-state index in [1.807, 2.05) is 13.0 Å². The van der Waals surface area contributed by atoms with Gasteiger partial charge >= 0.3 is 0 Å². The summed E-state index contributed by atoms with van der Waals surface area (Å²) in [5, 5.41) is 29.1. The van der Waals surface area contributed by atoms with Crippen molar-refractivity contribution in [2.24, 2.45) is 5.92 Å². The highest BCUT2D eigenvalue weighted by Gasteiger charge is 2.18. The maximum atomic E-state index is 12.5. The fraction of sp³-hybridized carbons (Fsp3) is 0.238. The van der Waals surface area contributed by atoms with E-state index in [2.05, 4.69) is 4.98 Å². The van der Waals surface area contributed by atoms with Crippen molar-refractivity contribution in [3.63, 3.8) is 0 Å². The van der Waals surface area contributed by atoms with Crippen LogP contribution in [0.4, 0.5) is 0 Å². The van der Waals surface area contributed by atoms with Crippen molar-refractivity contribution in [2.45, 2.75) is 20.3 Å². The molecule has 142 valence electrons. The van der Waals surface area contributed by atoms with Crippen molar-refractivity contribution in [2.75, 3.05) is 6.61 Å². The zero-order chi connectivity index (χ0) is 20.0. The van der Waals surface area contributed by atoms with Crippen LogP contribution in [0.2, 0.25) is 0 Å². The van der Waals surface area contributed by atoms with Crippen LogP contribution in [0.1, 0.15) is 30.6 Å². The van der Waals surface area contributed by atoms with E-state index in [9.17, 15) is 24.9 Å². The number of aromatic hydroxyl groups is 2. The van der Waals surface area contributed by atoms with E-state index in [0.29, 0.717) is 5.56 Å². The molecule has 2 rings (SSSR count). The molecule has 6 nitrogen and oxygen atoms in total. The largest absolute Gasteiger partial charge is 0.508 e. The molecule has 0 radical (unpaired) electrons. The first-order chi connectivity index (χ1) is 12.9. The fourth-order valence-electron chi connectivity index (χ4n) is 2.63. The Labute approximate surface area is 157 Å². The predicted octanol–water partition coefficient (Wildman–Crippen LogP) is 3.16. The van der Waals surface area contributed by atoms with E-state index in [4.69, 9.17) is 0 Å². The number of aliphatic hydroxyl groups is 1. The van der Waals surface area contributed by atoms with E-state index in [0.717, 1.165) is 12.0 Å². The summed E-state index contributed by atoms with van der Waals surface area (Å²) in [5.41, 5.74) is 0.566. The molecule has 1 atom stereocenters. The number of benzene rings is 1. The van der Waals surface area contributed by atoms with Crippen LogP contribution in [-0.4, -0.2) is 32.7 Å². The van der Waals surface area contributed by atoms with E-state index in [1.54, 1.807) is 25.1 Å². The lowest BCUT2D eigenvalue weighted by Gasteiger charge is -2.08. The SMILES string of the molecule is CC[C@@H](/C=C(C)/C=C/C(=O)c1c(O)c(-c2ccc(O)cc2)c[nH]c1=O)CO. The summed E-state index contributed by atoms with van der Waals surface area (Å²) in [6.07, 6.45) is 6.71. The minimum Gasteiger partial charge on any atom is -0.508 e. The van der Waals surface area contributed by atoms with Gasteiger partial charge in [-0.3, -0.25) is 9.59 Å². The highest BCUT2D eigenvalue weighted by Crippen LogP contribution is 2.31. The van der Waals surface area contributed by atoms with Crippen LogP contribution < -0.4 is 5.56 Å². The Bertz CT molecular complexity index is 919. The molecule has 2 aromatic rings. The van der Waals surface area contributed by atoms with Crippen LogP contribution in [0.25, 0.3) is 11.1 Å². The van der Waals surface area contributed by atoms with Crippen LogP contribution in [0.3, 0.4) is 0 Å². The summed E-state index contributed by atoms with van der Waals surface area (Å²) in [5.74, 6) is -0.974. The average molecular weight is 369 g/mol. The van der Waals surface area contributed by atoms with Crippen molar-refractivity contribution in [1.82, 2.24) is 4.98 Å². The molecule has 0 aliphatic heterocycles. The molecular weight excluding hydrogens is 346 g/mol. The normalized spacial score (nSPS) is 13.1. The number of aliphatic hydroxyl groups excluding tert-OH is 1. The molecule has 4 N–H and O–H groups in total. The lowest BCUT2D eigenvalue weighted by Crippen LogP contribution is -2.16. The van der Waals surface area contributed by atoms with Crippen molar-refractivity contribution in [3.05, 3.63) is 70.2 Å². The first-order valence-corrected chi connectivity index (χ1v) is 8.63. The molecule has 27 heavy (non-hydrogen) atoms. The average Bonchev–Trinajstić information content (AvgIpc) is 2.65. The van der Waals surface area contributed by atoms with Crippen molar-refractivity contribution in [1.29, 1.82) is 0 Å². The summed E-state index contributed by atoms with van der Waals surface area (Å²) in [6, 6.07) is 6.03. The summed E-state index contributed by atoms with van der Waals surface area (Å²) in [4.78, 5) is 27.0. The smallest absolute Gasteiger partial charge is 0.263 e. The van der Waals surface area contributed by atoms with Gasteiger partial charge in [-0.15, -0.1) is 0 Å². The van der Waals surface area contributed by atoms with Gasteiger partial charge in [-0.2, -0.15) is 0 Å². The molecule has 0 spiro atoms. The summed E-state index contributed by atoms with van der Waals surface area (Å²) < 4.78 is 0. The number of rotatable bonds is 7. The topological polar surface area (TPSA) is 111 Å². The summed E-state index contributed by atoms with van der Waals surface area (Å²) in [6.45, 7) is 3.76. The minimum atomic E-state index is -0.687. The number of allylic oxidation sites excluding steroid dienone is 3. The lowest BCUT2D eigenvalue weighted by molar-refractivity contribution is 0.104. The monoisotopic (exact) mass is 369 g/mol. The van der Waals surface area contributed by atoms with Crippen LogP contribution >= 0.6 is 0 Å². The van der Waals surface area contributed by atoms with Gasteiger partial charge < -0.3 is 20.3 Å². The molecule has 0 bridgehead atoms. The van der Waals surface area contributed by atoms with E-state index < -0.39 is 17.1 Å². The number of hydrogen-bond donors (Lipinski definition) is 4. The number of hydrogen-bond acceptors (Lipinski definition) is 5. The second-order valence-corrected chi connectivity index (χ2v) is 6.26. The number of ketones is 1. The highest BCUT2D eigenvalue weighted by atomic mass is 16.3. The van der Waals surface area contributed by atoms with Gasteiger partial charge in [0.15, 0.2) is 5.78 Å².